The van der Waals surface area contributed by atoms with Gasteiger partial charge in [-0.05, 0) is 19.3 Å². The van der Waals surface area contributed by atoms with Crippen LogP contribution in [0.4, 0.5) is 0 Å². The number of primary amides is 1. The molecular formula is C16H24N4O. The molecule has 1 fully saturated rings. The van der Waals surface area contributed by atoms with Crippen LogP contribution in [0.2, 0.25) is 0 Å². The van der Waals surface area contributed by atoms with Gasteiger partial charge >= 0.3 is 0 Å². The van der Waals surface area contributed by atoms with Gasteiger partial charge in [-0.15, -0.1) is 0 Å². The first-order valence-corrected chi connectivity index (χ1v) is 7.64. The van der Waals surface area contributed by atoms with Gasteiger partial charge in [-0.1, -0.05) is 44.1 Å². The normalized spacial score (nSPS) is 18.0. The fraction of sp³-hybridized carbons (Fsp3) is 0.500. The predicted molar refractivity (Wildman–Crippen MR) is 84.8 cm³/mol. The van der Waals surface area contributed by atoms with Crippen LogP contribution in [0.1, 0.15) is 55.1 Å². The third-order valence-corrected chi connectivity index (χ3v) is 3.76. The first kappa shape index (κ1) is 15.5. The number of aromatic nitrogens is 2. The van der Waals surface area contributed by atoms with E-state index in [9.17, 15) is 4.79 Å². The van der Waals surface area contributed by atoms with Crippen molar-refractivity contribution in [3.63, 3.8) is 0 Å². The number of allylic oxidation sites excluding steroid dienone is 1. The fourth-order valence-corrected chi connectivity index (χ4v) is 2.65. The van der Waals surface area contributed by atoms with Crippen molar-refractivity contribution in [3.05, 3.63) is 35.7 Å². The molecule has 1 amide bonds. The Morgan fingerprint density at radius 1 is 1.52 bits per heavy atom. The van der Waals surface area contributed by atoms with Gasteiger partial charge in [-0.2, -0.15) is 5.10 Å². The first-order valence-electron chi connectivity index (χ1n) is 7.64. The van der Waals surface area contributed by atoms with E-state index in [1.54, 1.807) is 6.20 Å². The summed E-state index contributed by atoms with van der Waals surface area (Å²) < 4.78 is 0. The van der Waals surface area contributed by atoms with Crippen LogP contribution >= 0.6 is 0 Å². The Morgan fingerprint density at radius 3 is 2.95 bits per heavy atom. The molecule has 4 N–H and O–H groups in total. The Hall–Kier alpha value is -1.88. The highest BCUT2D eigenvalue weighted by molar-refractivity contribution is 5.94. The highest BCUT2D eigenvalue weighted by Gasteiger charge is 2.16. The number of carbonyl (C=O) groups is 1. The highest BCUT2D eigenvalue weighted by atomic mass is 16.1. The topological polar surface area (TPSA) is 83.8 Å². The summed E-state index contributed by atoms with van der Waals surface area (Å²) in [5.74, 6) is -0.489. The molecule has 114 valence electrons. The van der Waals surface area contributed by atoms with E-state index in [2.05, 4.69) is 40.7 Å². The van der Waals surface area contributed by atoms with Crippen molar-refractivity contribution in [1.82, 2.24) is 15.5 Å². The summed E-state index contributed by atoms with van der Waals surface area (Å²) in [6, 6.07) is 0.754. The largest absolute Gasteiger partial charge is 0.364 e. The summed E-state index contributed by atoms with van der Waals surface area (Å²) in [6.07, 6.45) is 16.0. The molecule has 1 saturated carbocycles. The van der Waals surface area contributed by atoms with E-state index in [-0.39, 0.29) is 6.04 Å². The van der Waals surface area contributed by atoms with Crippen LogP contribution in [0.3, 0.4) is 0 Å². The molecule has 1 aromatic heterocycles. The van der Waals surface area contributed by atoms with Gasteiger partial charge in [0.1, 0.15) is 5.69 Å². The molecule has 5 heteroatoms. The maximum Gasteiger partial charge on any atom is 0.267 e. The lowest BCUT2D eigenvalue weighted by atomic mass is 10.1. The van der Waals surface area contributed by atoms with E-state index < -0.39 is 5.91 Å². The Kier molecular flexibility index (Phi) is 5.75. The molecule has 1 heterocycles. The zero-order valence-electron chi connectivity index (χ0n) is 12.5. The summed E-state index contributed by atoms with van der Waals surface area (Å²) in [5.41, 5.74) is 6.38. The van der Waals surface area contributed by atoms with Gasteiger partial charge in [0.15, 0.2) is 0 Å². The molecule has 0 aromatic carbocycles. The lowest BCUT2D eigenvalue weighted by molar-refractivity contribution is 0.0995. The second-order valence-corrected chi connectivity index (χ2v) is 5.43. The molecule has 1 unspecified atom stereocenters. The molecule has 2 rings (SSSR count). The maximum atomic E-state index is 11.3. The molecule has 0 bridgehead atoms. The number of rotatable bonds is 7. The first-order chi connectivity index (χ1) is 10.2. The second-order valence-electron chi connectivity index (χ2n) is 5.43. The molecule has 1 aliphatic carbocycles. The van der Waals surface area contributed by atoms with E-state index in [1.165, 1.54) is 25.7 Å². The summed E-state index contributed by atoms with van der Waals surface area (Å²) in [5, 5.41) is 10.1. The zero-order chi connectivity index (χ0) is 15.1. The summed E-state index contributed by atoms with van der Waals surface area (Å²) in [4.78, 5) is 11.3. The Morgan fingerprint density at radius 2 is 2.29 bits per heavy atom. The molecular weight excluding hydrogens is 264 g/mol. The minimum atomic E-state index is -0.489. The number of carbonyl (C=O) groups excluding carboxylic acids is 1. The van der Waals surface area contributed by atoms with E-state index in [0.29, 0.717) is 11.7 Å². The van der Waals surface area contributed by atoms with Crippen molar-refractivity contribution in [2.75, 3.05) is 0 Å². The average Bonchev–Trinajstić information content (AvgIpc) is 3.12. The van der Waals surface area contributed by atoms with Crippen LogP contribution in [0, 0.1) is 0 Å². The lowest BCUT2D eigenvalue weighted by Gasteiger charge is -2.17. The summed E-state index contributed by atoms with van der Waals surface area (Å²) in [6.45, 7) is 2.12. The highest BCUT2D eigenvalue weighted by Crippen LogP contribution is 2.19. The average molecular weight is 288 g/mol. The Balaban J connectivity index is 2.05. The lowest BCUT2D eigenvalue weighted by Crippen LogP contribution is -2.34. The number of amides is 1. The van der Waals surface area contributed by atoms with Gasteiger partial charge in [-0.3, -0.25) is 9.89 Å². The smallest absolute Gasteiger partial charge is 0.267 e. The van der Waals surface area contributed by atoms with E-state index >= 15 is 0 Å². The van der Waals surface area contributed by atoms with Gasteiger partial charge in [0.05, 0.1) is 6.20 Å². The van der Waals surface area contributed by atoms with Crippen molar-refractivity contribution >= 4 is 12.0 Å². The van der Waals surface area contributed by atoms with Crippen LogP contribution in [-0.4, -0.2) is 28.2 Å². The van der Waals surface area contributed by atoms with E-state index in [1.807, 2.05) is 6.08 Å². The van der Waals surface area contributed by atoms with Crippen molar-refractivity contribution < 1.29 is 4.79 Å². The van der Waals surface area contributed by atoms with Gasteiger partial charge < -0.3 is 11.1 Å². The van der Waals surface area contributed by atoms with Gasteiger partial charge in [0, 0.05) is 17.6 Å². The number of aromatic amines is 1. The van der Waals surface area contributed by atoms with Crippen LogP contribution < -0.4 is 11.1 Å². The fourth-order valence-electron chi connectivity index (χ4n) is 2.65. The minimum Gasteiger partial charge on any atom is -0.364 e. The number of nitrogens with zero attached hydrogens (tertiary/aromatic N) is 1. The van der Waals surface area contributed by atoms with E-state index in [0.717, 1.165) is 12.0 Å². The molecule has 0 spiro atoms. The van der Waals surface area contributed by atoms with Gasteiger partial charge in [-0.25, -0.2) is 0 Å². The maximum absolute atomic E-state index is 11.3. The minimum absolute atomic E-state index is 0.170. The monoisotopic (exact) mass is 288 g/mol. The second kappa shape index (κ2) is 7.78. The quantitative estimate of drug-likeness (QED) is 0.674. The molecule has 0 radical (unpaired) electrons. The van der Waals surface area contributed by atoms with Crippen molar-refractivity contribution in [1.29, 1.82) is 0 Å². The van der Waals surface area contributed by atoms with Crippen LogP contribution in [0.5, 0.6) is 0 Å². The molecule has 1 atom stereocenters. The third-order valence-electron chi connectivity index (χ3n) is 3.76. The third kappa shape index (κ3) is 4.56. The van der Waals surface area contributed by atoms with Crippen molar-refractivity contribution in [2.45, 2.75) is 51.1 Å². The standard InChI is InChI=1S/C16H24N4O/c1-2-3-6-14(19-13-7-4-5-8-13)10-9-12-11-18-20-15(12)16(17)21/h3,6,9-11,13-14,19H,2,4-5,7-8H2,1H3,(H2,17,21)(H,18,20)/b6-3-,10-9?. The number of nitrogens with two attached hydrogens (primary N) is 1. The van der Waals surface area contributed by atoms with Gasteiger partial charge in [0.25, 0.3) is 5.91 Å². The molecule has 1 aliphatic rings. The van der Waals surface area contributed by atoms with Crippen molar-refractivity contribution in [3.8, 4) is 0 Å². The van der Waals surface area contributed by atoms with E-state index in [4.69, 9.17) is 5.73 Å². The molecule has 5 nitrogen and oxygen atoms in total. The number of hydrogen-bond acceptors (Lipinski definition) is 3. The zero-order valence-corrected chi connectivity index (χ0v) is 12.5. The van der Waals surface area contributed by atoms with Gasteiger partial charge in [0.2, 0.25) is 0 Å². The Labute approximate surface area is 125 Å². The predicted octanol–water partition coefficient (Wildman–Crippen LogP) is 2.39. The Bertz CT molecular complexity index is 512. The SMILES string of the molecule is CC/C=C\C(C=Cc1cn[nH]c1C(N)=O)NC1CCCC1. The number of nitrogens with one attached hydrogen (secondary N) is 2. The molecule has 1 aromatic rings. The van der Waals surface area contributed by atoms with Crippen molar-refractivity contribution in [2.24, 2.45) is 5.73 Å². The molecule has 0 saturated heterocycles. The summed E-state index contributed by atoms with van der Waals surface area (Å²) >= 11 is 0. The molecule has 0 aliphatic heterocycles. The summed E-state index contributed by atoms with van der Waals surface area (Å²) in [7, 11) is 0. The van der Waals surface area contributed by atoms with Crippen LogP contribution in [0.15, 0.2) is 24.4 Å². The molecule has 21 heavy (non-hydrogen) atoms. The number of hydrogen-bond donors (Lipinski definition) is 3. The van der Waals surface area contributed by atoms with Crippen LogP contribution in [0.25, 0.3) is 6.08 Å². The number of H-pyrrole nitrogens is 1. The van der Waals surface area contributed by atoms with Crippen LogP contribution in [-0.2, 0) is 0 Å².